The standard InChI is InChI=1S/C12H17N3O3/c1-8-9(5-4-6-10(8)15(17)18)14-11(16)12(2,3)7-13/h4-6H,7,13H2,1-3H3,(H,14,16). The largest absolute Gasteiger partial charge is 0.329 e. The number of nitro groups is 1. The van der Waals surface area contributed by atoms with Crippen molar-refractivity contribution in [1.82, 2.24) is 0 Å². The predicted molar refractivity (Wildman–Crippen MR) is 69.3 cm³/mol. The summed E-state index contributed by atoms with van der Waals surface area (Å²) in [6.45, 7) is 5.24. The average Bonchev–Trinajstić information content (AvgIpc) is 2.31. The normalized spacial score (nSPS) is 11.1. The smallest absolute Gasteiger partial charge is 0.274 e. The summed E-state index contributed by atoms with van der Waals surface area (Å²) in [6, 6.07) is 4.57. The van der Waals surface area contributed by atoms with E-state index in [0.29, 0.717) is 11.3 Å². The van der Waals surface area contributed by atoms with Gasteiger partial charge in [0.15, 0.2) is 0 Å². The van der Waals surface area contributed by atoms with E-state index in [1.54, 1.807) is 26.8 Å². The molecule has 1 amide bonds. The number of nitro benzene ring substituents is 1. The van der Waals surface area contributed by atoms with Crippen molar-refractivity contribution in [2.24, 2.45) is 11.1 Å². The first-order valence-corrected chi connectivity index (χ1v) is 5.55. The third-order valence-corrected chi connectivity index (χ3v) is 2.88. The Kier molecular flexibility index (Phi) is 4.03. The Labute approximate surface area is 105 Å². The van der Waals surface area contributed by atoms with Gasteiger partial charge in [0.25, 0.3) is 5.69 Å². The molecule has 0 heterocycles. The maximum atomic E-state index is 11.9. The van der Waals surface area contributed by atoms with Crippen molar-refractivity contribution < 1.29 is 9.72 Å². The molecule has 0 radical (unpaired) electrons. The molecular formula is C12H17N3O3. The summed E-state index contributed by atoms with van der Waals surface area (Å²) in [5, 5.41) is 13.5. The lowest BCUT2D eigenvalue weighted by Crippen LogP contribution is -2.37. The molecule has 3 N–H and O–H groups in total. The van der Waals surface area contributed by atoms with Crippen LogP contribution in [0.4, 0.5) is 11.4 Å². The van der Waals surface area contributed by atoms with E-state index in [4.69, 9.17) is 5.73 Å². The summed E-state index contributed by atoms with van der Waals surface area (Å²) in [6.07, 6.45) is 0. The van der Waals surface area contributed by atoms with E-state index >= 15 is 0 Å². The van der Waals surface area contributed by atoms with Crippen LogP contribution in [0.15, 0.2) is 18.2 Å². The summed E-state index contributed by atoms with van der Waals surface area (Å²) >= 11 is 0. The van der Waals surface area contributed by atoms with Crippen molar-refractivity contribution in [3.05, 3.63) is 33.9 Å². The van der Waals surface area contributed by atoms with E-state index < -0.39 is 10.3 Å². The van der Waals surface area contributed by atoms with Gasteiger partial charge in [-0.15, -0.1) is 0 Å². The summed E-state index contributed by atoms with van der Waals surface area (Å²) < 4.78 is 0. The molecule has 1 rings (SSSR count). The van der Waals surface area contributed by atoms with Gasteiger partial charge in [-0.1, -0.05) is 6.07 Å². The Balaban J connectivity index is 3.03. The van der Waals surface area contributed by atoms with Crippen LogP contribution in [-0.2, 0) is 4.79 Å². The van der Waals surface area contributed by atoms with E-state index in [1.807, 2.05) is 0 Å². The lowest BCUT2D eigenvalue weighted by atomic mass is 9.92. The fraction of sp³-hybridized carbons (Fsp3) is 0.417. The van der Waals surface area contributed by atoms with Gasteiger partial charge in [-0.2, -0.15) is 0 Å². The van der Waals surface area contributed by atoms with E-state index in [2.05, 4.69) is 5.32 Å². The second kappa shape index (κ2) is 5.14. The van der Waals surface area contributed by atoms with Gasteiger partial charge in [-0.3, -0.25) is 14.9 Å². The highest BCUT2D eigenvalue weighted by Crippen LogP contribution is 2.26. The molecule has 6 nitrogen and oxygen atoms in total. The average molecular weight is 251 g/mol. The first-order valence-electron chi connectivity index (χ1n) is 5.55. The van der Waals surface area contributed by atoms with Crippen LogP contribution in [0.5, 0.6) is 0 Å². The number of anilines is 1. The second-order valence-electron chi connectivity index (χ2n) is 4.75. The number of hydrogen-bond donors (Lipinski definition) is 2. The zero-order valence-corrected chi connectivity index (χ0v) is 10.7. The molecule has 1 aromatic rings. The molecule has 0 fully saturated rings. The van der Waals surface area contributed by atoms with Gasteiger partial charge in [0.05, 0.1) is 21.6 Å². The molecule has 0 aliphatic carbocycles. The highest BCUT2D eigenvalue weighted by Gasteiger charge is 2.26. The Bertz CT molecular complexity index is 483. The van der Waals surface area contributed by atoms with Crippen molar-refractivity contribution in [3.63, 3.8) is 0 Å². The number of rotatable bonds is 4. The van der Waals surface area contributed by atoms with Gasteiger partial charge in [-0.05, 0) is 26.8 Å². The number of nitrogens with two attached hydrogens (primary N) is 1. The lowest BCUT2D eigenvalue weighted by molar-refractivity contribution is -0.385. The first-order chi connectivity index (χ1) is 8.29. The Hall–Kier alpha value is -1.95. The SMILES string of the molecule is Cc1c(NC(=O)C(C)(C)CN)cccc1[N+](=O)[O-]. The van der Waals surface area contributed by atoms with E-state index in [1.165, 1.54) is 12.1 Å². The molecule has 0 unspecified atom stereocenters. The third kappa shape index (κ3) is 2.84. The van der Waals surface area contributed by atoms with Crippen molar-refractivity contribution in [1.29, 1.82) is 0 Å². The molecule has 0 atom stereocenters. The highest BCUT2D eigenvalue weighted by atomic mass is 16.6. The number of nitrogens with zero attached hydrogens (tertiary/aromatic N) is 1. The van der Waals surface area contributed by atoms with Crippen LogP contribution in [0.1, 0.15) is 19.4 Å². The second-order valence-corrected chi connectivity index (χ2v) is 4.75. The minimum Gasteiger partial charge on any atom is -0.329 e. The summed E-state index contributed by atoms with van der Waals surface area (Å²) in [4.78, 5) is 22.3. The number of carbonyl (C=O) groups is 1. The fourth-order valence-corrected chi connectivity index (χ4v) is 1.34. The highest BCUT2D eigenvalue weighted by molar-refractivity contribution is 5.96. The van der Waals surface area contributed by atoms with E-state index in [-0.39, 0.29) is 18.1 Å². The third-order valence-electron chi connectivity index (χ3n) is 2.88. The van der Waals surface area contributed by atoms with Gasteiger partial charge in [0.1, 0.15) is 0 Å². The minimum atomic E-state index is -0.711. The number of benzene rings is 1. The molecule has 0 spiro atoms. The van der Waals surface area contributed by atoms with Gasteiger partial charge in [0, 0.05) is 12.6 Å². The molecule has 0 saturated heterocycles. The zero-order chi connectivity index (χ0) is 13.9. The number of amides is 1. The van der Waals surface area contributed by atoms with E-state index in [0.717, 1.165) is 0 Å². The van der Waals surface area contributed by atoms with Crippen LogP contribution in [0.25, 0.3) is 0 Å². The Morgan fingerprint density at radius 2 is 2.11 bits per heavy atom. The molecule has 0 aromatic heterocycles. The van der Waals surface area contributed by atoms with Gasteiger partial charge >= 0.3 is 0 Å². The minimum absolute atomic E-state index is 0.0154. The Morgan fingerprint density at radius 3 is 2.61 bits per heavy atom. The van der Waals surface area contributed by atoms with Crippen molar-refractivity contribution in [2.75, 3.05) is 11.9 Å². The van der Waals surface area contributed by atoms with Gasteiger partial charge in [0.2, 0.25) is 5.91 Å². The molecule has 6 heteroatoms. The maximum Gasteiger partial charge on any atom is 0.274 e. The topological polar surface area (TPSA) is 98.3 Å². The van der Waals surface area contributed by atoms with Crippen LogP contribution in [0.2, 0.25) is 0 Å². The molecule has 0 aliphatic heterocycles. The fourth-order valence-electron chi connectivity index (χ4n) is 1.34. The zero-order valence-electron chi connectivity index (χ0n) is 10.7. The number of carbonyl (C=O) groups excluding carboxylic acids is 1. The molecule has 0 aliphatic rings. The van der Waals surface area contributed by atoms with Crippen molar-refractivity contribution >= 4 is 17.3 Å². The summed E-state index contributed by atoms with van der Waals surface area (Å²) in [7, 11) is 0. The molecular weight excluding hydrogens is 234 g/mol. The molecule has 0 bridgehead atoms. The maximum absolute atomic E-state index is 11.9. The number of nitrogens with one attached hydrogen (secondary N) is 1. The van der Waals surface area contributed by atoms with E-state index in [9.17, 15) is 14.9 Å². The lowest BCUT2D eigenvalue weighted by Gasteiger charge is -2.21. The Morgan fingerprint density at radius 1 is 1.50 bits per heavy atom. The molecule has 1 aromatic carbocycles. The van der Waals surface area contributed by atoms with Crippen LogP contribution < -0.4 is 11.1 Å². The monoisotopic (exact) mass is 251 g/mol. The molecule has 18 heavy (non-hydrogen) atoms. The van der Waals surface area contributed by atoms with Crippen LogP contribution >= 0.6 is 0 Å². The van der Waals surface area contributed by atoms with Crippen LogP contribution in [0, 0.1) is 22.5 Å². The van der Waals surface area contributed by atoms with Crippen molar-refractivity contribution in [3.8, 4) is 0 Å². The predicted octanol–water partition coefficient (Wildman–Crippen LogP) is 1.83. The van der Waals surface area contributed by atoms with Gasteiger partial charge in [-0.25, -0.2) is 0 Å². The number of hydrogen-bond acceptors (Lipinski definition) is 4. The van der Waals surface area contributed by atoms with Gasteiger partial charge < -0.3 is 11.1 Å². The molecule has 0 saturated carbocycles. The van der Waals surface area contributed by atoms with Crippen LogP contribution in [-0.4, -0.2) is 17.4 Å². The quantitative estimate of drug-likeness (QED) is 0.630. The summed E-state index contributed by atoms with van der Waals surface area (Å²) in [5.74, 6) is -0.256. The van der Waals surface area contributed by atoms with Crippen LogP contribution in [0.3, 0.4) is 0 Å². The van der Waals surface area contributed by atoms with Crippen molar-refractivity contribution in [2.45, 2.75) is 20.8 Å². The summed E-state index contributed by atoms with van der Waals surface area (Å²) in [5.41, 5.74) is 5.66. The first kappa shape index (κ1) is 14.1. The molecule has 98 valence electrons.